The van der Waals surface area contributed by atoms with Crippen molar-refractivity contribution in [2.45, 2.75) is 19.4 Å². The predicted molar refractivity (Wildman–Crippen MR) is 111 cm³/mol. The van der Waals surface area contributed by atoms with Crippen molar-refractivity contribution in [1.29, 1.82) is 0 Å². The van der Waals surface area contributed by atoms with Crippen LogP contribution >= 0.6 is 24.0 Å². The molecule has 0 saturated heterocycles. The highest BCUT2D eigenvalue weighted by Crippen LogP contribution is 2.21. The molecule has 27 heavy (non-hydrogen) atoms. The summed E-state index contributed by atoms with van der Waals surface area (Å²) in [6.07, 6.45) is 0.373. The average molecular weight is 493 g/mol. The highest BCUT2D eigenvalue weighted by molar-refractivity contribution is 14.0. The fourth-order valence-corrected chi connectivity index (χ4v) is 2.48. The summed E-state index contributed by atoms with van der Waals surface area (Å²) in [4.78, 5) is 4.10. The van der Waals surface area contributed by atoms with E-state index < -0.39 is 17.5 Å². The molecule has 8 heteroatoms. The molecule has 0 amide bonds. The second kappa shape index (κ2) is 11.0. The molecule has 0 bridgehead atoms. The maximum absolute atomic E-state index is 13.8. The van der Waals surface area contributed by atoms with Crippen LogP contribution in [0.2, 0.25) is 0 Å². The first-order valence-electron chi connectivity index (χ1n) is 8.19. The first kappa shape index (κ1) is 23.1. The van der Waals surface area contributed by atoms with E-state index in [-0.39, 0.29) is 35.8 Å². The Morgan fingerprint density at radius 1 is 1.11 bits per heavy atom. The minimum Gasteiger partial charge on any atom is -0.494 e. The van der Waals surface area contributed by atoms with Gasteiger partial charge in [-0.25, -0.2) is 13.2 Å². The van der Waals surface area contributed by atoms with Gasteiger partial charge >= 0.3 is 0 Å². The Kier molecular flexibility index (Phi) is 9.40. The fraction of sp³-hybridized carbons (Fsp3) is 0.316. The van der Waals surface area contributed by atoms with Crippen LogP contribution < -0.4 is 15.4 Å². The van der Waals surface area contributed by atoms with Crippen LogP contribution in [0.3, 0.4) is 0 Å². The molecule has 2 N–H and O–H groups in total. The molecule has 148 valence electrons. The zero-order valence-corrected chi connectivity index (χ0v) is 17.7. The molecule has 0 aliphatic carbocycles. The summed E-state index contributed by atoms with van der Waals surface area (Å²) in [6, 6.07) is 8.04. The Bertz CT molecular complexity index is 787. The van der Waals surface area contributed by atoms with Gasteiger partial charge in [0.1, 0.15) is 11.6 Å². The zero-order chi connectivity index (χ0) is 19.1. The van der Waals surface area contributed by atoms with Gasteiger partial charge in [-0.05, 0) is 42.7 Å². The summed E-state index contributed by atoms with van der Waals surface area (Å²) in [5.74, 6) is -0.927. The zero-order valence-electron chi connectivity index (χ0n) is 15.4. The van der Waals surface area contributed by atoms with Crippen molar-refractivity contribution in [2.24, 2.45) is 4.99 Å². The van der Waals surface area contributed by atoms with Gasteiger partial charge in [-0.1, -0.05) is 12.1 Å². The van der Waals surface area contributed by atoms with Crippen LogP contribution in [0.1, 0.15) is 24.1 Å². The molecule has 0 spiro atoms. The number of aliphatic imine (C=N–C) groups is 1. The van der Waals surface area contributed by atoms with E-state index in [1.165, 1.54) is 25.3 Å². The Morgan fingerprint density at radius 3 is 2.44 bits per heavy atom. The number of ether oxygens (including phenoxy) is 1. The largest absolute Gasteiger partial charge is 0.494 e. The molecule has 2 aromatic rings. The Hall–Kier alpha value is -1.97. The van der Waals surface area contributed by atoms with Gasteiger partial charge in [-0.3, -0.25) is 4.99 Å². The van der Waals surface area contributed by atoms with Gasteiger partial charge in [0, 0.05) is 19.7 Å². The molecule has 2 aromatic carbocycles. The highest BCUT2D eigenvalue weighted by Gasteiger charge is 2.11. The van der Waals surface area contributed by atoms with Crippen LogP contribution in [-0.4, -0.2) is 26.7 Å². The van der Waals surface area contributed by atoms with Crippen molar-refractivity contribution in [3.63, 3.8) is 0 Å². The van der Waals surface area contributed by atoms with Crippen LogP contribution in [0.15, 0.2) is 41.4 Å². The van der Waals surface area contributed by atoms with Crippen LogP contribution in [0.25, 0.3) is 0 Å². The third kappa shape index (κ3) is 6.60. The lowest BCUT2D eigenvalue weighted by molar-refractivity contribution is 0.386. The molecule has 1 unspecified atom stereocenters. The van der Waals surface area contributed by atoms with Gasteiger partial charge < -0.3 is 15.4 Å². The maximum Gasteiger partial charge on any atom is 0.191 e. The minimum absolute atomic E-state index is 0. The normalized spacial score (nSPS) is 12.1. The predicted octanol–water partition coefficient (Wildman–Crippen LogP) is 4.20. The Labute approximate surface area is 174 Å². The van der Waals surface area contributed by atoms with E-state index in [4.69, 9.17) is 4.74 Å². The van der Waals surface area contributed by atoms with E-state index in [2.05, 4.69) is 15.6 Å². The lowest BCUT2D eigenvalue weighted by Gasteiger charge is -2.19. The minimum atomic E-state index is -0.600. The molecular weight excluding hydrogens is 470 g/mol. The van der Waals surface area contributed by atoms with Crippen molar-refractivity contribution in [1.82, 2.24) is 10.6 Å². The SMILES string of the molecule is CN=C(NCCc1ccc(F)cc1F)NC(C)c1ccc(OC)c(F)c1.I. The molecule has 1 atom stereocenters. The topological polar surface area (TPSA) is 45.7 Å². The highest BCUT2D eigenvalue weighted by atomic mass is 127. The van der Waals surface area contributed by atoms with Gasteiger partial charge in [-0.15, -0.1) is 24.0 Å². The molecule has 0 heterocycles. The standard InChI is InChI=1S/C19H22F3N3O.HI/c1-12(14-5-7-18(26-3)17(22)10-14)25-19(23-2)24-9-8-13-4-6-15(20)11-16(13)21;/h4-7,10-12H,8-9H2,1-3H3,(H2,23,24,25);1H. The lowest BCUT2D eigenvalue weighted by Crippen LogP contribution is -2.39. The molecule has 4 nitrogen and oxygen atoms in total. The van der Waals surface area contributed by atoms with Crippen molar-refractivity contribution >= 4 is 29.9 Å². The van der Waals surface area contributed by atoms with E-state index in [1.54, 1.807) is 19.2 Å². The van der Waals surface area contributed by atoms with Crippen LogP contribution in [0.4, 0.5) is 13.2 Å². The lowest BCUT2D eigenvalue weighted by atomic mass is 10.1. The smallest absolute Gasteiger partial charge is 0.191 e. The molecule has 0 fully saturated rings. The number of nitrogens with zero attached hydrogens (tertiary/aromatic N) is 1. The van der Waals surface area contributed by atoms with E-state index in [0.717, 1.165) is 11.6 Å². The summed E-state index contributed by atoms with van der Waals surface area (Å²) in [7, 11) is 3.02. The van der Waals surface area contributed by atoms with E-state index in [1.807, 2.05) is 6.92 Å². The van der Waals surface area contributed by atoms with Crippen molar-refractivity contribution in [3.8, 4) is 5.75 Å². The Balaban J connectivity index is 0.00000364. The molecule has 2 rings (SSSR count). The number of rotatable bonds is 6. The summed E-state index contributed by atoms with van der Waals surface area (Å²) >= 11 is 0. The number of methoxy groups -OCH3 is 1. The van der Waals surface area contributed by atoms with Crippen LogP contribution in [-0.2, 0) is 6.42 Å². The molecule has 0 aliphatic rings. The number of benzene rings is 2. The molecule has 0 aliphatic heterocycles. The number of guanidine groups is 1. The summed E-state index contributed by atoms with van der Waals surface area (Å²) in [6.45, 7) is 2.28. The van der Waals surface area contributed by atoms with E-state index >= 15 is 0 Å². The quantitative estimate of drug-likeness (QED) is 0.361. The second-order valence-electron chi connectivity index (χ2n) is 5.74. The Morgan fingerprint density at radius 2 is 1.85 bits per heavy atom. The number of hydrogen-bond donors (Lipinski definition) is 2. The van der Waals surface area contributed by atoms with Crippen LogP contribution in [0.5, 0.6) is 5.75 Å². The number of nitrogens with one attached hydrogen (secondary N) is 2. The fourth-order valence-electron chi connectivity index (χ4n) is 2.48. The third-order valence-electron chi connectivity index (χ3n) is 3.95. The second-order valence-corrected chi connectivity index (χ2v) is 5.74. The van der Waals surface area contributed by atoms with Gasteiger partial charge in [-0.2, -0.15) is 0 Å². The maximum atomic E-state index is 13.8. The van der Waals surface area contributed by atoms with Gasteiger partial charge in [0.25, 0.3) is 0 Å². The van der Waals surface area contributed by atoms with E-state index in [0.29, 0.717) is 24.5 Å². The van der Waals surface area contributed by atoms with Crippen LogP contribution in [0, 0.1) is 17.5 Å². The van der Waals surface area contributed by atoms with Crippen molar-refractivity contribution in [2.75, 3.05) is 20.7 Å². The van der Waals surface area contributed by atoms with E-state index in [9.17, 15) is 13.2 Å². The third-order valence-corrected chi connectivity index (χ3v) is 3.95. The van der Waals surface area contributed by atoms with Gasteiger partial charge in [0.15, 0.2) is 17.5 Å². The molecule has 0 radical (unpaired) electrons. The first-order chi connectivity index (χ1) is 12.4. The summed E-state index contributed by atoms with van der Waals surface area (Å²) in [5, 5.41) is 6.19. The monoisotopic (exact) mass is 493 g/mol. The average Bonchev–Trinajstić information content (AvgIpc) is 2.62. The summed E-state index contributed by atoms with van der Waals surface area (Å²) in [5.41, 5.74) is 1.15. The molecule has 0 aromatic heterocycles. The number of halogens is 4. The van der Waals surface area contributed by atoms with Gasteiger partial charge in [0.05, 0.1) is 13.2 Å². The van der Waals surface area contributed by atoms with Gasteiger partial charge in [0.2, 0.25) is 0 Å². The van der Waals surface area contributed by atoms with Crippen molar-refractivity contribution in [3.05, 3.63) is 65.0 Å². The first-order valence-corrected chi connectivity index (χ1v) is 8.19. The number of hydrogen-bond acceptors (Lipinski definition) is 2. The summed E-state index contributed by atoms with van der Waals surface area (Å²) < 4.78 is 45.3. The van der Waals surface area contributed by atoms with Crippen molar-refractivity contribution < 1.29 is 17.9 Å². The molecule has 0 saturated carbocycles. The molecular formula is C19H23F3IN3O.